The van der Waals surface area contributed by atoms with E-state index < -0.39 is 0 Å². The number of aryl methyl sites for hydroxylation is 1. The maximum atomic E-state index is 6.36. The van der Waals surface area contributed by atoms with Gasteiger partial charge < -0.3 is 4.57 Å². The van der Waals surface area contributed by atoms with Crippen LogP contribution >= 0.6 is 11.6 Å². The van der Waals surface area contributed by atoms with Crippen LogP contribution in [0.15, 0.2) is 18.2 Å². The molecule has 0 saturated heterocycles. The smallest absolute Gasteiger partial charge is 0.127 e. The predicted octanol–water partition coefficient (Wildman–Crippen LogP) is 5.64. The van der Waals surface area contributed by atoms with E-state index in [9.17, 15) is 0 Å². The fraction of sp³-hybridized carbons (Fsp3) is 0.588. The highest BCUT2D eigenvalue weighted by Crippen LogP contribution is 2.31. The van der Waals surface area contributed by atoms with Crippen LogP contribution in [0.2, 0.25) is 0 Å². The van der Waals surface area contributed by atoms with E-state index >= 15 is 0 Å². The molecule has 0 saturated carbocycles. The number of rotatable bonds is 5. The van der Waals surface area contributed by atoms with Crippen LogP contribution in [0.5, 0.6) is 0 Å². The lowest BCUT2D eigenvalue weighted by atomic mass is 10.0. The van der Waals surface area contributed by atoms with Crippen LogP contribution in [-0.4, -0.2) is 9.55 Å². The second kappa shape index (κ2) is 6.17. The highest BCUT2D eigenvalue weighted by molar-refractivity contribution is 6.20. The average molecular weight is 293 g/mol. The summed E-state index contributed by atoms with van der Waals surface area (Å²) in [6.45, 7) is 11.0. The summed E-state index contributed by atoms with van der Waals surface area (Å²) in [6.07, 6.45) is 2.39. The van der Waals surface area contributed by atoms with Crippen molar-refractivity contribution in [3.63, 3.8) is 0 Å². The first-order valence-corrected chi connectivity index (χ1v) is 7.97. The van der Waals surface area contributed by atoms with Gasteiger partial charge in [-0.15, -0.1) is 11.6 Å². The summed E-state index contributed by atoms with van der Waals surface area (Å²) in [5.41, 5.74) is 3.57. The molecular weight excluding hydrogens is 268 g/mol. The van der Waals surface area contributed by atoms with Gasteiger partial charge in [-0.1, -0.05) is 26.0 Å². The molecule has 0 amide bonds. The molecule has 3 heteroatoms. The molecule has 1 heterocycles. The highest BCUT2D eigenvalue weighted by Gasteiger charge is 2.20. The first-order chi connectivity index (χ1) is 9.41. The van der Waals surface area contributed by atoms with Gasteiger partial charge in [0.15, 0.2) is 0 Å². The molecule has 0 fully saturated rings. The summed E-state index contributed by atoms with van der Waals surface area (Å²) < 4.78 is 2.35. The standard InChI is InChI=1S/C17H25ClN2/c1-11(2)9-10-13(4)20-16-12(3)7-6-8-15(16)19-17(20)14(5)18/h6-8,11,13-14H,9-10H2,1-5H3. The van der Waals surface area contributed by atoms with Gasteiger partial charge in [0.25, 0.3) is 0 Å². The quantitative estimate of drug-likeness (QED) is 0.652. The lowest BCUT2D eigenvalue weighted by Crippen LogP contribution is -2.11. The van der Waals surface area contributed by atoms with Crippen molar-refractivity contribution in [1.29, 1.82) is 0 Å². The Morgan fingerprint density at radius 1 is 1.15 bits per heavy atom. The number of hydrogen-bond acceptors (Lipinski definition) is 1. The number of imidazole rings is 1. The second-order valence-corrected chi connectivity index (χ2v) is 6.87. The molecule has 2 nitrogen and oxygen atoms in total. The monoisotopic (exact) mass is 292 g/mol. The Morgan fingerprint density at radius 3 is 2.45 bits per heavy atom. The number of alkyl halides is 1. The SMILES string of the molecule is Cc1cccc2nc(C(C)Cl)n(C(C)CCC(C)C)c12. The van der Waals surface area contributed by atoms with E-state index in [1.807, 2.05) is 6.92 Å². The highest BCUT2D eigenvalue weighted by atomic mass is 35.5. The Balaban J connectivity index is 2.50. The van der Waals surface area contributed by atoms with Crippen molar-refractivity contribution in [2.75, 3.05) is 0 Å². The molecule has 0 aliphatic rings. The number of nitrogens with zero attached hydrogens (tertiary/aromatic N) is 2. The largest absolute Gasteiger partial charge is 0.324 e. The van der Waals surface area contributed by atoms with Gasteiger partial charge in [0, 0.05) is 6.04 Å². The van der Waals surface area contributed by atoms with Crippen LogP contribution in [-0.2, 0) is 0 Å². The number of hydrogen-bond donors (Lipinski definition) is 0. The molecule has 0 radical (unpaired) electrons. The topological polar surface area (TPSA) is 17.8 Å². The van der Waals surface area contributed by atoms with Gasteiger partial charge in [0.1, 0.15) is 5.82 Å². The zero-order valence-corrected chi connectivity index (χ0v) is 13.9. The molecule has 1 aromatic heterocycles. The third kappa shape index (κ3) is 3.01. The molecule has 1 aromatic carbocycles. The zero-order chi connectivity index (χ0) is 14.9. The van der Waals surface area contributed by atoms with Gasteiger partial charge in [-0.25, -0.2) is 4.98 Å². The van der Waals surface area contributed by atoms with Crippen LogP contribution in [0.25, 0.3) is 11.0 Å². The van der Waals surface area contributed by atoms with E-state index in [-0.39, 0.29) is 5.38 Å². The van der Waals surface area contributed by atoms with E-state index in [0.717, 1.165) is 23.7 Å². The van der Waals surface area contributed by atoms with Crippen molar-refractivity contribution in [3.8, 4) is 0 Å². The maximum absolute atomic E-state index is 6.36. The van der Waals surface area contributed by atoms with E-state index in [4.69, 9.17) is 16.6 Å². The van der Waals surface area contributed by atoms with E-state index in [1.54, 1.807) is 0 Å². The van der Waals surface area contributed by atoms with Crippen molar-refractivity contribution < 1.29 is 0 Å². The van der Waals surface area contributed by atoms with Crippen molar-refractivity contribution in [2.45, 2.75) is 58.9 Å². The van der Waals surface area contributed by atoms with Crippen molar-refractivity contribution in [1.82, 2.24) is 9.55 Å². The minimum absolute atomic E-state index is 0.0664. The Kier molecular flexibility index (Phi) is 4.74. The average Bonchev–Trinajstić information content (AvgIpc) is 2.77. The van der Waals surface area contributed by atoms with Gasteiger partial charge in [-0.05, 0) is 51.2 Å². The summed E-state index contributed by atoms with van der Waals surface area (Å²) in [4.78, 5) is 4.75. The predicted molar refractivity (Wildman–Crippen MR) is 87.5 cm³/mol. The summed E-state index contributed by atoms with van der Waals surface area (Å²) in [5.74, 6) is 1.72. The first-order valence-electron chi connectivity index (χ1n) is 7.53. The molecule has 2 atom stereocenters. The molecule has 2 aromatic rings. The molecule has 20 heavy (non-hydrogen) atoms. The Labute approximate surface area is 127 Å². The molecule has 0 aliphatic heterocycles. The van der Waals surface area contributed by atoms with Crippen molar-refractivity contribution >= 4 is 22.6 Å². The van der Waals surface area contributed by atoms with Crippen LogP contribution in [0.3, 0.4) is 0 Å². The van der Waals surface area contributed by atoms with E-state index in [1.165, 1.54) is 17.5 Å². The number of halogens is 1. The summed E-state index contributed by atoms with van der Waals surface area (Å²) in [5, 5.41) is -0.0664. The van der Waals surface area contributed by atoms with Gasteiger partial charge in [0.05, 0.1) is 16.4 Å². The van der Waals surface area contributed by atoms with E-state index in [0.29, 0.717) is 6.04 Å². The Bertz CT molecular complexity index is 584. The lowest BCUT2D eigenvalue weighted by molar-refractivity contribution is 0.436. The van der Waals surface area contributed by atoms with Gasteiger partial charge >= 0.3 is 0 Å². The first kappa shape index (κ1) is 15.4. The maximum Gasteiger partial charge on any atom is 0.127 e. The number of benzene rings is 1. The minimum Gasteiger partial charge on any atom is -0.324 e. The number of aromatic nitrogens is 2. The van der Waals surface area contributed by atoms with Crippen LogP contribution in [0.4, 0.5) is 0 Å². The fourth-order valence-corrected chi connectivity index (χ4v) is 2.92. The van der Waals surface area contributed by atoms with Gasteiger partial charge in [-0.3, -0.25) is 0 Å². The molecule has 2 rings (SSSR count). The van der Waals surface area contributed by atoms with Crippen LogP contribution < -0.4 is 0 Å². The number of fused-ring (bicyclic) bond motifs is 1. The normalized spacial score (nSPS) is 14.9. The molecular formula is C17H25ClN2. The Hall–Kier alpha value is -1.02. The van der Waals surface area contributed by atoms with E-state index in [2.05, 4.69) is 50.5 Å². The second-order valence-electron chi connectivity index (χ2n) is 6.22. The summed E-state index contributed by atoms with van der Waals surface area (Å²) in [7, 11) is 0. The fourth-order valence-electron chi connectivity index (χ4n) is 2.77. The molecule has 110 valence electrons. The third-order valence-electron chi connectivity index (χ3n) is 3.90. The Morgan fingerprint density at radius 2 is 1.85 bits per heavy atom. The molecule has 0 bridgehead atoms. The zero-order valence-electron chi connectivity index (χ0n) is 13.2. The minimum atomic E-state index is -0.0664. The summed E-state index contributed by atoms with van der Waals surface area (Å²) in [6, 6.07) is 6.73. The lowest BCUT2D eigenvalue weighted by Gasteiger charge is -2.20. The third-order valence-corrected chi connectivity index (χ3v) is 4.09. The van der Waals surface area contributed by atoms with Crippen LogP contribution in [0, 0.1) is 12.8 Å². The molecule has 2 unspecified atom stereocenters. The van der Waals surface area contributed by atoms with Crippen molar-refractivity contribution in [3.05, 3.63) is 29.6 Å². The van der Waals surface area contributed by atoms with Gasteiger partial charge in [-0.2, -0.15) is 0 Å². The molecule has 0 aliphatic carbocycles. The van der Waals surface area contributed by atoms with Crippen LogP contribution in [0.1, 0.15) is 63.3 Å². The van der Waals surface area contributed by atoms with Crippen molar-refractivity contribution in [2.24, 2.45) is 5.92 Å². The molecule has 0 N–H and O–H groups in total. The summed E-state index contributed by atoms with van der Waals surface area (Å²) >= 11 is 6.36. The number of para-hydroxylation sites is 1. The van der Waals surface area contributed by atoms with Gasteiger partial charge in [0.2, 0.25) is 0 Å². The molecule has 0 spiro atoms.